The fraction of sp³-hybridized carbons (Fsp3) is 0.636. The maximum atomic E-state index is 11.5. The van der Waals surface area contributed by atoms with Gasteiger partial charge in [0.15, 0.2) is 0 Å². The van der Waals surface area contributed by atoms with Crippen molar-refractivity contribution < 1.29 is 9.72 Å². The summed E-state index contributed by atoms with van der Waals surface area (Å²) in [5.41, 5.74) is 6.17. The Hall–Kier alpha value is -1.67. The van der Waals surface area contributed by atoms with Crippen LogP contribution in [-0.2, 0) is 11.3 Å². The van der Waals surface area contributed by atoms with Gasteiger partial charge in [0.2, 0.25) is 5.91 Å². The number of aromatic nitrogens is 2. The fourth-order valence-corrected chi connectivity index (χ4v) is 1.80. The summed E-state index contributed by atoms with van der Waals surface area (Å²) in [6, 6.07) is 0. The first kappa shape index (κ1) is 18.3. The molecule has 0 unspecified atom stereocenters. The molecule has 0 radical (unpaired) electrons. The molecule has 1 aromatic heterocycles. The van der Waals surface area contributed by atoms with E-state index in [0.29, 0.717) is 31.0 Å². The van der Waals surface area contributed by atoms with Gasteiger partial charge in [-0.25, -0.2) is 0 Å². The second kappa shape index (κ2) is 8.49. The Morgan fingerprint density at radius 3 is 2.65 bits per heavy atom. The Morgan fingerprint density at radius 1 is 1.50 bits per heavy atom. The third kappa shape index (κ3) is 4.78. The van der Waals surface area contributed by atoms with E-state index in [1.54, 1.807) is 13.8 Å². The standard InChI is InChI=1S/C11H19N5O3.ClH/c1-8-11(16(18)19)9(2)15(14-8)7-4-10(17)13-6-3-5-12;/h3-7,12H2,1-2H3,(H,13,17);1H. The van der Waals surface area contributed by atoms with Crippen molar-refractivity contribution >= 4 is 24.0 Å². The number of nitro groups is 1. The highest BCUT2D eigenvalue weighted by Crippen LogP contribution is 2.21. The van der Waals surface area contributed by atoms with Gasteiger partial charge in [0.1, 0.15) is 11.4 Å². The van der Waals surface area contributed by atoms with Crippen LogP contribution in [0.5, 0.6) is 0 Å². The molecule has 3 N–H and O–H groups in total. The third-order valence-electron chi connectivity index (χ3n) is 2.78. The highest BCUT2D eigenvalue weighted by molar-refractivity contribution is 5.85. The zero-order chi connectivity index (χ0) is 14.4. The van der Waals surface area contributed by atoms with Crippen molar-refractivity contribution in [1.29, 1.82) is 0 Å². The second-order valence-electron chi connectivity index (χ2n) is 4.24. The Labute approximate surface area is 123 Å². The molecule has 0 fully saturated rings. The molecule has 20 heavy (non-hydrogen) atoms. The lowest BCUT2D eigenvalue weighted by atomic mass is 10.3. The van der Waals surface area contributed by atoms with Crippen LogP contribution in [-0.4, -0.2) is 33.7 Å². The van der Waals surface area contributed by atoms with E-state index in [9.17, 15) is 14.9 Å². The minimum Gasteiger partial charge on any atom is -0.356 e. The number of halogens is 1. The van der Waals surface area contributed by atoms with Crippen molar-refractivity contribution in [1.82, 2.24) is 15.1 Å². The molecule has 0 aliphatic heterocycles. The normalized spacial score (nSPS) is 9.95. The largest absolute Gasteiger partial charge is 0.356 e. The zero-order valence-corrected chi connectivity index (χ0v) is 12.4. The van der Waals surface area contributed by atoms with Gasteiger partial charge in [0, 0.05) is 13.0 Å². The van der Waals surface area contributed by atoms with E-state index in [1.807, 2.05) is 0 Å². The first-order chi connectivity index (χ1) is 8.97. The quantitative estimate of drug-likeness (QED) is 0.436. The van der Waals surface area contributed by atoms with Crippen molar-refractivity contribution in [2.45, 2.75) is 33.2 Å². The third-order valence-corrected chi connectivity index (χ3v) is 2.78. The molecular weight excluding hydrogens is 286 g/mol. The molecule has 0 saturated heterocycles. The summed E-state index contributed by atoms with van der Waals surface area (Å²) in [7, 11) is 0. The predicted octanol–water partition coefficient (Wildman–Crippen LogP) is 0.685. The van der Waals surface area contributed by atoms with E-state index in [4.69, 9.17) is 5.73 Å². The van der Waals surface area contributed by atoms with Crippen LogP contribution in [0.15, 0.2) is 0 Å². The summed E-state index contributed by atoms with van der Waals surface area (Å²) in [4.78, 5) is 21.9. The molecule has 1 amide bonds. The summed E-state index contributed by atoms with van der Waals surface area (Å²) < 4.78 is 1.50. The van der Waals surface area contributed by atoms with Crippen LogP contribution in [0.3, 0.4) is 0 Å². The van der Waals surface area contributed by atoms with E-state index < -0.39 is 4.92 Å². The molecule has 1 aromatic rings. The van der Waals surface area contributed by atoms with Gasteiger partial charge in [-0.1, -0.05) is 0 Å². The molecule has 114 valence electrons. The molecule has 1 rings (SSSR count). The molecule has 0 atom stereocenters. The lowest BCUT2D eigenvalue weighted by Gasteiger charge is -2.05. The minimum absolute atomic E-state index is 0. The Morgan fingerprint density at radius 2 is 2.15 bits per heavy atom. The predicted molar refractivity (Wildman–Crippen MR) is 76.9 cm³/mol. The molecule has 0 aromatic carbocycles. The van der Waals surface area contributed by atoms with Gasteiger partial charge in [0.05, 0.1) is 11.5 Å². The van der Waals surface area contributed by atoms with Crippen LogP contribution < -0.4 is 11.1 Å². The number of amides is 1. The maximum absolute atomic E-state index is 11.5. The van der Waals surface area contributed by atoms with Crippen molar-refractivity contribution in [3.05, 3.63) is 21.5 Å². The van der Waals surface area contributed by atoms with Crippen molar-refractivity contribution in [2.75, 3.05) is 13.1 Å². The van der Waals surface area contributed by atoms with Gasteiger partial charge in [0.25, 0.3) is 0 Å². The molecule has 0 saturated carbocycles. The Balaban J connectivity index is 0.00000361. The number of carbonyl (C=O) groups is 1. The molecule has 0 aliphatic carbocycles. The van der Waals surface area contributed by atoms with E-state index >= 15 is 0 Å². The number of nitrogens with zero attached hydrogens (tertiary/aromatic N) is 3. The van der Waals surface area contributed by atoms with Crippen LogP contribution in [0, 0.1) is 24.0 Å². The second-order valence-corrected chi connectivity index (χ2v) is 4.24. The highest BCUT2D eigenvalue weighted by Gasteiger charge is 2.21. The number of hydrogen-bond acceptors (Lipinski definition) is 5. The van der Waals surface area contributed by atoms with Gasteiger partial charge in [-0.05, 0) is 26.8 Å². The van der Waals surface area contributed by atoms with Crippen LogP contribution in [0.25, 0.3) is 0 Å². The molecule has 0 bridgehead atoms. The van der Waals surface area contributed by atoms with Gasteiger partial charge < -0.3 is 11.1 Å². The number of nitrogens with one attached hydrogen (secondary N) is 1. The number of carbonyl (C=O) groups excluding carboxylic acids is 1. The minimum atomic E-state index is -0.449. The first-order valence-corrected chi connectivity index (χ1v) is 6.12. The number of nitrogens with two attached hydrogens (primary N) is 1. The lowest BCUT2D eigenvalue weighted by molar-refractivity contribution is -0.386. The van der Waals surface area contributed by atoms with Crippen molar-refractivity contribution in [3.8, 4) is 0 Å². The maximum Gasteiger partial charge on any atom is 0.312 e. The van der Waals surface area contributed by atoms with Crippen molar-refractivity contribution in [2.24, 2.45) is 5.73 Å². The summed E-state index contributed by atoms with van der Waals surface area (Å²) in [5.74, 6) is -0.108. The van der Waals surface area contributed by atoms with E-state index in [2.05, 4.69) is 10.4 Å². The molecular formula is C11H20ClN5O3. The molecule has 0 aliphatic rings. The van der Waals surface area contributed by atoms with Crippen LogP contribution in [0.2, 0.25) is 0 Å². The molecule has 0 spiro atoms. The summed E-state index contributed by atoms with van der Waals surface area (Å²) in [6.07, 6.45) is 0.973. The molecule has 9 heteroatoms. The van der Waals surface area contributed by atoms with Gasteiger partial charge in [-0.3, -0.25) is 19.6 Å². The average Bonchev–Trinajstić information content (AvgIpc) is 2.62. The van der Waals surface area contributed by atoms with Crippen LogP contribution in [0.4, 0.5) is 5.69 Å². The number of rotatable bonds is 7. The molecule has 8 nitrogen and oxygen atoms in total. The van der Waals surface area contributed by atoms with Crippen molar-refractivity contribution in [3.63, 3.8) is 0 Å². The topological polar surface area (TPSA) is 116 Å². The zero-order valence-electron chi connectivity index (χ0n) is 11.6. The fourth-order valence-electron chi connectivity index (χ4n) is 1.80. The summed E-state index contributed by atoms with van der Waals surface area (Å²) in [5, 5.41) is 17.6. The van der Waals surface area contributed by atoms with Crippen LogP contribution >= 0.6 is 12.4 Å². The Bertz CT molecular complexity index is 475. The lowest BCUT2D eigenvalue weighted by Crippen LogP contribution is -2.27. The van der Waals surface area contributed by atoms with E-state index in [0.717, 1.165) is 6.42 Å². The highest BCUT2D eigenvalue weighted by atomic mass is 35.5. The SMILES string of the molecule is Cc1nn(CCC(=O)NCCCN)c(C)c1[N+](=O)[O-].Cl. The summed E-state index contributed by atoms with van der Waals surface area (Å²) >= 11 is 0. The number of aryl methyl sites for hydroxylation is 2. The molecule has 1 heterocycles. The first-order valence-electron chi connectivity index (χ1n) is 6.12. The Kier molecular flexibility index (Phi) is 7.78. The van der Waals surface area contributed by atoms with Gasteiger partial charge in [-0.2, -0.15) is 5.10 Å². The van der Waals surface area contributed by atoms with Gasteiger partial charge in [-0.15, -0.1) is 12.4 Å². The number of hydrogen-bond donors (Lipinski definition) is 2. The summed E-state index contributed by atoms with van der Waals surface area (Å²) in [6.45, 7) is 4.62. The van der Waals surface area contributed by atoms with E-state index in [1.165, 1.54) is 4.68 Å². The van der Waals surface area contributed by atoms with Gasteiger partial charge >= 0.3 is 5.69 Å². The smallest absolute Gasteiger partial charge is 0.312 e. The average molecular weight is 306 g/mol. The monoisotopic (exact) mass is 305 g/mol. The van der Waals surface area contributed by atoms with Crippen LogP contribution in [0.1, 0.15) is 24.2 Å². The van der Waals surface area contributed by atoms with E-state index in [-0.39, 0.29) is 30.4 Å².